The Kier molecular flexibility index (Phi) is 7.17. The van der Waals surface area contributed by atoms with E-state index in [0.29, 0.717) is 0 Å². The number of hydrogen-bond donors (Lipinski definition) is 4. The number of ether oxygens (including phenoxy) is 1. The van der Waals surface area contributed by atoms with Gasteiger partial charge in [-0.25, -0.2) is 0 Å². The maximum atomic E-state index is 10.2. The van der Waals surface area contributed by atoms with Gasteiger partial charge >= 0.3 is 29.6 Å². The first-order chi connectivity index (χ1) is 6.79. The Hall–Kier alpha value is 0.950. The third-order valence-corrected chi connectivity index (χ3v) is 2.43. The minimum absolute atomic E-state index is 0. The molecule has 0 spiro atoms. The standard InChI is InChI=1S/C6H13O8P.Na/c7-3-1-5(8)14-4(6(3)9)2-13-15(10,11)12;/h3-9H,1-2H2,(H2,10,11,12);/q;+1/p-1. The van der Waals surface area contributed by atoms with E-state index in [0.717, 1.165) is 0 Å². The predicted molar refractivity (Wildman–Crippen MR) is 43.3 cm³/mol. The van der Waals surface area contributed by atoms with Gasteiger partial charge in [-0.2, -0.15) is 0 Å². The quantitative estimate of drug-likeness (QED) is 0.293. The molecule has 1 rings (SSSR count). The normalized spacial score (nSPS) is 38.6. The Bertz CT molecular complexity index is 257. The van der Waals surface area contributed by atoms with Crippen molar-refractivity contribution < 1.29 is 68.5 Å². The molecule has 0 radical (unpaired) electrons. The molecule has 0 bridgehead atoms. The van der Waals surface area contributed by atoms with Crippen molar-refractivity contribution in [1.82, 2.24) is 0 Å². The summed E-state index contributed by atoms with van der Waals surface area (Å²) in [5.41, 5.74) is 0. The average molecular weight is 266 g/mol. The molecule has 1 aliphatic rings. The Morgan fingerprint density at radius 3 is 2.50 bits per heavy atom. The van der Waals surface area contributed by atoms with Gasteiger partial charge in [0.15, 0.2) is 6.29 Å². The minimum Gasteiger partial charge on any atom is -0.756 e. The number of phosphoric acid groups is 1. The molecule has 0 aromatic heterocycles. The Morgan fingerprint density at radius 1 is 1.44 bits per heavy atom. The molecule has 0 aromatic carbocycles. The van der Waals surface area contributed by atoms with E-state index in [-0.39, 0.29) is 36.0 Å². The van der Waals surface area contributed by atoms with Crippen LogP contribution in [0.1, 0.15) is 6.42 Å². The molecule has 1 saturated heterocycles. The molecule has 90 valence electrons. The first-order valence-electron chi connectivity index (χ1n) is 4.17. The third-order valence-electron chi connectivity index (χ3n) is 1.95. The zero-order valence-electron chi connectivity index (χ0n) is 8.59. The van der Waals surface area contributed by atoms with Gasteiger partial charge in [0.1, 0.15) is 12.2 Å². The van der Waals surface area contributed by atoms with E-state index in [4.69, 9.17) is 14.7 Å². The second-order valence-electron chi connectivity index (χ2n) is 3.19. The maximum absolute atomic E-state index is 10.2. The Morgan fingerprint density at radius 2 is 2.00 bits per heavy atom. The van der Waals surface area contributed by atoms with Gasteiger partial charge in [-0.1, -0.05) is 0 Å². The van der Waals surface area contributed by atoms with Crippen molar-refractivity contribution in [3.8, 4) is 0 Å². The molecule has 8 nitrogen and oxygen atoms in total. The molecule has 0 aromatic rings. The van der Waals surface area contributed by atoms with Crippen molar-refractivity contribution in [2.75, 3.05) is 6.61 Å². The number of hydrogen-bond acceptors (Lipinski definition) is 7. The van der Waals surface area contributed by atoms with Gasteiger partial charge in [0, 0.05) is 6.42 Å². The van der Waals surface area contributed by atoms with E-state index < -0.39 is 39.0 Å². The zero-order valence-corrected chi connectivity index (χ0v) is 11.5. The van der Waals surface area contributed by atoms with Crippen LogP contribution in [0.4, 0.5) is 0 Å². The number of aliphatic hydroxyl groups is 3. The first kappa shape index (κ1) is 16.9. The monoisotopic (exact) mass is 266 g/mol. The summed E-state index contributed by atoms with van der Waals surface area (Å²) in [6.07, 6.45) is -5.29. The molecule has 0 saturated carbocycles. The van der Waals surface area contributed by atoms with Crippen LogP contribution in [0.3, 0.4) is 0 Å². The third kappa shape index (κ3) is 5.52. The van der Waals surface area contributed by atoms with Crippen LogP contribution < -0.4 is 34.5 Å². The van der Waals surface area contributed by atoms with Crippen LogP contribution in [-0.2, 0) is 13.8 Å². The molecule has 1 aliphatic heterocycles. The second kappa shape index (κ2) is 6.77. The van der Waals surface area contributed by atoms with Crippen molar-refractivity contribution in [2.24, 2.45) is 0 Å². The summed E-state index contributed by atoms with van der Waals surface area (Å²) in [5, 5.41) is 27.5. The molecule has 1 heterocycles. The van der Waals surface area contributed by atoms with E-state index in [2.05, 4.69) is 4.52 Å². The fourth-order valence-corrected chi connectivity index (χ4v) is 1.57. The molecule has 16 heavy (non-hydrogen) atoms. The topological polar surface area (TPSA) is 140 Å². The Balaban J connectivity index is 0.00000225. The summed E-state index contributed by atoms with van der Waals surface area (Å²) >= 11 is 0. The predicted octanol–water partition coefficient (Wildman–Crippen LogP) is -5.70. The van der Waals surface area contributed by atoms with E-state index in [1.54, 1.807) is 0 Å². The van der Waals surface area contributed by atoms with Crippen LogP contribution >= 0.6 is 7.82 Å². The number of rotatable bonds is 3. The molecular weight excluding hydrogens is 254 g/mol. The number of aliphatic hydroxyl groups excluding tert-OH is 3. The van der Waals surface area contributed by atoms with Crippen LogP contribution in [-0.4, -0.2) is 51.4 Å². The van der Waals surface area contributed by atoms with Crippen molar-refractivity contribution in [2.45, 2.75) is 31.0 Å². The van der Waals surface area contributed by atoms with Crippen LogP contribution in [0.5, 0.6) is 0 Å². The molecule has 5 atom stereocenters. The van der Waals surface area contributed by atoms with Gasteiger partial charge in [-0.15, -0.1) is 0 Å². The van der Waals surface area contributed by atoms with Crippen molar-refractivity contribution in [1.29, 1.82) is 0 Å². The molecule has 4 N–H and O–H groups in total. The van der Waals surface area contributed by atoms with Gasteiger partial charge in [0.05, 0.1) is 12.7 Å². The summed E-state index contributed by atoms with van der Waals surface area (Å²) in [6.45, 7) is -0.674. The van der Waals surface area contributed by atoms with Gasteiger partial charge in [0.25, 0.3) is 7.82 Å². The SMILES string of the molecule is O=P([O-])(O)OCC1OC(O)CC(O)C1O.[Na+]. The summed E-state index contributed by atoms with van der Waals surface area (Å²) in [6, 6.07) is 0. The zero-order chi connectivity index (χ0) is 11.6. The van der Waals surface area contributed by atoms with Gasteiger partial charge < -0.3 is 34.4 Å². The van der Waals surface area contributed by atoms with E-state index in [9.17, 15) is 19.7 Å². The molecule has 0 aliphatic carbocycles. The second-order valence-corrected chi connectivity index (χ2v) is 4.38. The van der Waals surface area contributed by atoms with Crippen molar-refractivity contribution in [3.05, 3.63) is 0 Å². The van der Waals surface area contributed by atoms with Crippen molar-refractivity contribution >= 4 is 7.82 Å². The molecule has 0 amide bonds. The van der Waals surface area contributed by atoms with E-state index >= 15 is 0 Å². The largest absolute Gasteiger partial charge is 1.00 e. The van der Waals surface area contributed by atoms with Crippen molar-refractivity contribution in [3.63, 3.8) is 0 Å². The molecule has 5 unspecified atom stereocenters. The summed E-state index contributed by atoms with van der Waals surface area (Å²) in [7, 11) is -4.90. The van der Waals surface area contributed by atoms with Gasteiger partial charge in [0.2, 0.25) is 0 Å². The van der Waals surface area contributed by atoms with Crippen LogP contribution in [0.2, 0.25) is 0 Å². The maximum Gasteiger partial charge on any atom is 1.00 e. The van der Waals surface area contributed by atoms with Crippen LogP contribution in [0, 0.1) is 0 Å². The first-order valence-corrected chi connectivity index (χ1v) is 5.67. The van der Waals surface area contributed by atoms with E-state index in [1.807, 2.05) is 0 Å². The molecular formula is C6H12NaO8P. The summed E-state index contributed by atoms with van der Waals surface area (Å²) in [5.74, 6) is 0. The summed E-state index contributed by atoms with van der Waals surface area (Å²) in [4.78, 5) is 18.5. The summed E-state index contributed by atoms with van der Waals surface area (Å²) < 4.78 is 18.9. The minimum atomic E-state index is -4.90. The van der Waals surface area contributed by atoms with Crippen LogP contribution in [0.15, 0.2) is 0 Å². The average Bonchev–Trinajstić information content (AvgIpc) is 2.07. The fourth-order valence-electron chi connectivity index (χ4n) is 1.24. The fraction of sp³-hybridized carbons (Fsp3) is 1.00. The van der Waals surface area contributed by atoms with Crippen LogP contribution in [0.25, 0.3) is 0 Å². The number of phosphoric ester groups is 1. The smallest absolute Gasteiger partial charge is 0.756 e. The molecule has 1 fully saturated rings. The van der Waals surface area contributed by atoms with E-state index in [1.165, 1.54) is 0 Å². The Labute approximate surface area is 114 Å². The van der Waals surface area contributed by atoms with Gasteiger partial charge in [-0.3, -0.25) is 4.57 Å². The van der Waals surface area contributed by atoms with Gasteiger partial charge in [-0.05, 0) is 0 Å². The molecule has 10 heteroatoms.